The molecule has 2 saturated heterocycles. The number of hydrogen-bond donors (Lipinski definition) is 1. The molecule has 0 saturated carbocycles. The number of piperidine rings is 1. The molecule has 2 aliphatic heterocycles. The van der Waals surface area contributed by atoms with Gasteiger partial charge < -0.3 is 10.2 Å². The third kappa shape index (κ3) is 3.19. The predicted octanol–water partition coefficient (Wildman–Crippen LogP) is 0.539. The van der Waals surface area contributed by atoms with Crippen LogP contribution < -0.4 is 5.32 Å². The molecule has 4 heteroatoms. The maximum atomic E-state index is 11.4. The van der Waals surface area contributed by atoms with E-state index in [1.165, 1.54) is 6.42 Å². The normalized spacial score (nSPS) is 32.2. The van der Waals surface area contributed by atoms with Crippen molar-refractivity contribution in [2.24, 2.45) is 5.92 Å². The van der Waals surface area contributed by atoms with Gasteiger partial charge in [-0.1, -0.05) is 6.92 Å². The molecule has 1 amide bonds. The van der Waals surface area contributed by atoms with Gasteiger partial charge in [0.1, 0.15) is 0 Å². The second-order valence-corrected chi connectivity index (χ2v) is 5.43. The van der Waals surface area contributed by atoms with Crippen molar-refractivity contribution < 1.29 is 4.79 Å². The van der Waals surface area contributed by atoms with Crippen LogP contribution in [0.1, 0.15) is 26.7 Å². The minimum Gasteiger partial charge on any atom is -0.342 e. The van der Waals surface area contributed by atoms with Gasteiger partial charge in [-0.25, -0.2) is 0 Å². The molecule has 2 rings (SSSR count). The average molecular weight is 239 g/mol. The number of nitrogens with one attached hydrogen (secondary N) is 1. The molecule has 2 atom stereocenters. The number of hydrogen-bond acceptors (Lipinski definition) is 3. The summed E-state index contributed by atoms with van der Waals surface area (Å²) in [4.78, 5) is 16.0. The van der Waals surface area contributed by atoms with Crippen molar-refractivity contribution in [3.05, 3.63) is 0 Å². The molecule has 0 bridgehead atoms. The summed E-state index contributed by atoms with van der Waals surface area (Å²) in [6, 6.07) is 0.711. The molecule has 2 unspecified atom stereocenters. The van der Waals surface area contributed by atoms with Gasteiger partial charge in [0.25, 0.3) is 0 Å². The van der Waals surface area contributed by atoms with Gasteiger partial charge in [0, 0.05) is 39.1 Å². The van der Waals surface area contributed by atoms with Crippen molar-refractivity contribution in [2.45, 2.75) is 32.7 Å². The second-order valence-electron chi connectivity index (χ2n) is 5.43. The lowest BCUT2D eigenvalue weighted by Crippen LogP contribution is -2.49. The summed E-state index contributed by atoms with van der Waals surface area (Å²) in [6.07, 6.45) is 2.37. The zero-order valence-corrected chi connectivity index (χ0v) is 11.1. The van der Waals surface area contributed by atoms with Crippen molar-refractivity contribution in [1.82, 2.24) is 15.1 Å². The van der Waals surface area contributed by atoms with Crippen molar-refractivity contribution in [2.75, 3.05) is 39.3 Å². The zero-order chi connectivity index (χ0) is 12.3. The Bertz CT molecular complexity index is 269. The second kappa shape index (κ2) is 5.83. The van der Waals surface area contributed by atoms with Gasteiger partial charge >= 0.3 is 0 Å². The van der Waals surface area contributed by atoms with E-state index in [9.17, 15) is 4.79 Å². The summed E-state index contributed by atoms with van der Waals surface area (Å²) in [5.41, 5.74) is 0. The predicted molar refractivity (Wildman–Crippen MR) is 68.9 cm³/mol. The fourth-order valence-electron chi connectivity index (χ4n) is 3.13. The van der Waals surface area contributed by atoms with E-state index in [4.69, 9.17) is 0 Å². The van der Waals surface area contributed by atoms with Crippen molar-refractivity contribution in [1.29, 1.82) is 0 Å². The number of carbonyl (C=O) groups excluding carboxylic acids is 1. The monoisotopic (exact) mass is 239 g/mol. The lowest BCUT2D eigenvalue weighted by molar-refractivity contribution is -0.128. The molecular formula is C13H25N3O. The highest BCUT2D eigenvalue weighted by Crippen LogP contribution is 2.19. The van der Waals surface area contributed by atoms with Crippen LogP contribution in [-0.2, 0) is 4.79 Å². The molecule has 1 N–H and O–H groups in total. The van der Waals surface area contributed by atoms with Crippen LogP contribution in [0, 0.1) is 5.92 Å². The quantitative estimate of drug-likeness (QED) is 0.725. The van der Waals surface area contributed by atoms with E-state index in [0.717, 1.165) is 51.6 Å². The maximum absolute atomic E-state index is 11.4. The number of rotatable bonds is 1. The molecule has 2 fully saturated rings. The molecule has 0 radical (unpaired) electrons. The fraction of sp³-hybridized carbons (Fsp3) is 0.923. The van der Waals surface area contributed by atoms with Gasteiger partial charge in [0.15, 0.2) is 0 Å². The van der Waals surface area contributed by atoms with Gasteiger partial charge in [0.05, 0.1) is 0 Å². The summed E-state index contributed by atoms with van der Waals surface area (Å²) in [7, 11) is 0. The molecule has 4 nitrogen and oxygen atoms in total. The SMILES string of the molecule is CC(=O)N1CCCN(C2CCNCC2C)CC1. The lowest BCUT2D eigenvalue weighted by Gasteiger charge is -2.38. The van der Waals surface area contributed by atoms with Gasteiger partial charge in [-0.3, -0.25) is 9.69 Å². The summed E-state index contributed by atoms with van der Waals surface area (Å²) in [5, 5.41) is 3.46. The molecular weight excluding hydrogens is 214 g/mol. The third-order valence-electron chi connectivity index (χ3n) is 4.18. The van der Waals surface area contributed by atoms with Crippen molar-refractivity contribution in [3.8, 4) is 0 Å². The van der Waals surface area contributed by atoms with Crippen LogP contribution >= 0.6 is 0 Å². The van der Waals surface area contributed by atoms with Crippen LogP contribution in [0.5, 0.6) is 0 Å². The van der Waals surface area contributed by atoms with Crippen LogP contribution in [-0.4, -0.2) is 61.0 Å². The van der Waals surface area contributed by atoms with Crippen LogP contribution in [0.4, 0.5) is 0 Å². The van der Waals surface area contributed by atoms with E-state index < -0.39 is 0 Å². The highest BCUT2D eigenvalue weighted by atomic mass is 16.2. The largest absolute Gasteiger partial charge is 0.342 e. The average Bonchev–Trinajstić information content (AvgIpc) is 2.55. The minimum absolute atomic E-state index is 0.227. The van der Waals surface area contributed by atoms with Gasteiger partial charge in [-0.05, 0) is 31.8 Å². The Hall–Kier alpha value is -0.610. The number of amides is 1. The molecule has 0 aromatic rings. The highest BCUT2D eigenvalue weighted by molar-refractivity contribution is 5.73. The standard InChI is InChI=1S/C13H25N3O/c1-11-10-14-5-4-13(11)16-7-3-6-15(8-9-16)12(2)17/h11,13-14H,3-10H2,1-2H3. The van der Waals surface area contributed by atoms with Gasteiger partial charge in [-0.2, -0.15) is 0 Å². The van der Waals surface area contributed by atoms with E-state index in [1.807, 2.05) is 4.90 Å². The smallest absolute Gasteiger partial charge is 0.219 e. The van der Waals surface area contributed by atoms with Crippen LogP contribution in [0.2, 0.25) is 0 Å². The van der Waals surface area contributed by atoms with Crippen LogP contribution in [0.15, 0.2) is 0 Å². The third-order valence-corrected chi connectivity index (χ3v) is 4.18. The molecule has 0 spiro atoms. The Morgan fingerprint density at radius 1 is 1.24 bits per heavy atom. The highest BCUT2D eigenvalue weighted by Gasteiger charge is 2.28. The van der Waals surface area contributed by atoms with Crippen LogP contribution in [0.25, 0.3) is 0 Å². The first-order valence-corrected chi connectivity index (χ1v) is 6.89. The fourth-order valence-corrected chi connectivity index (χ4v) is 3.13. The lowest BCUT2D eigenvalue weighted by atomic mass is 9.93. The molecule has 0 aliphatic carbocycles. The van der Waals surface area contributed by atoms with E-state index in [1.54, 1.807) is 6.92 Å². The Kier molecular flexibility index (Phi) is 4.40. The van der Waals surface area contributed by atoms with Crippen molar-refractivity contribution >= 4 is 5.91 Å². The summed E-state index contributed by atoms with van der Waals surface area (Å²) >= 11 is 0. The van der Waals surface area contributed by atoms with E-state index in [0.29, 0.717) is 6.04 Å². The van der Waals surface area contributed by atoms with Gasteiger partial charge in [0.2, 0.25) is 5.91 Å². The van der Waals surface area contributed by atoms with Gasteiger partial charge in [-0.15, -0.1) is 0 Å². The minimum atomic E-state index is 0.227. The first-order valence-electron chi connectivity index (χ1n) is 6.89. The zero-order valence-electron chi connectivity index (χ0n) is 11.1. The summed E-state index contributed by atoms with van der Waals surface area (Å²) in [5.74, 6) is 0.956. The molecule has 2 aliphatic rings. The van der Waals surface area contributed by atoms with E-state index in [-0.39, 0.29) is 5.91 Å². The Morgan fingerprint density at radius 2 is 2.06 bits per heavy atom. The van der Waals surface area contributed by atoms with E-state index >= 15 is 0 Å². The number of carbonyl (C=O) groups is 1. The number of nitrogens with zero attached hydrogens (tertiary/aromatic N) is 2. The Labute approximate surface area is 104 Å². The topological polar surface area (TPSA) is 35.6 Å². The van der Waals surface area contributed by atoms with Crippen LogP contribution in [0.3, 0.4) is 0 Å². The first-order chi connectivity index (χ1) is 8.18. The maximum Gasteiger partial charge on any atom is 0.219 e. The first kappa shape index (κ1) is 12.8. The molecule has 98 valence electrons. The Balaban J connectivity index is 1.91. The molecule has 2 heterocycles. The van der Waals surface area contributed by atoms with E-state index in [2.05, 4.69) is 17.1 Å². The Morgan fingerprint density at radius 3 is 2.76 bits per heavy atom. The molecule has 0 aromatic carbocycles. The van der Waals surface area contributed by atoms with Crippen molar-refractivity contribution in [3.63, 3.8) is 0 Å². The summed E-state index contributed by atoms with van der Waals surface area (Å²) in [6.45, 7) is 10.3. The summed E-state index contributed by atoms with van der Waals surface area (Å²) < 4.78 is 0. The molecule has 17 heavy (non-hydrogen) atoms. The molecule has 0 aromatic heterocycles.